The van der Waals surface area contributed by atoms with Crippen LogP contribution in [0.3, 0.4) is 0 Å². The van der Waals surface area contributed by atoms with E-state index in [9.17, 15) is 4.79 Å². The molecule has 3 heteroatoms. The second kappa shape index (κ2) is 7.12. The van der Waals surface area contributed by atoms with E-state index in [1.54, 1.807) is 0 Å². The molecule has 3 nitrogen and oxygen atoms in total. The third-order valence-corrected chi connectivity index (χ3v) is 6.92. The largest absolute Gasteiger partial charge is 0.344 e. The fourth-order valence-corrected chi connectivity index (χ4v) is 5.10. The number of aryl methyl sites for hydroxylation is 1. The van der Waals surface area contributed by atoms with Crippen molar-refractivity contribution in [1.29, 1.82) is 0 Å². The van der Waals surface area contributed by atoms with Crippen molar-refractivity contribution in [1.82, 2.24) is 5.32 Å². The van der Waals surface area contributed by atoms with Crippen LogP contribution in [-0.4, -0.2) is 18.1 Å². The Hall–Kier alpha value is -3.33. The molecule has 1 fully saturated rings. The van der Waals surface area contributed by atoms with Crippen LogP contribution in [0.5, 0.6) is 0 Å². The van der Waals surface area contributed by atoms with Crippen molar-refractivity contribution >= 4 is 17.7 Å². The summed E-state index contributed by atoms with van der Waals surface area (Å²) in [7, 11) is 0. The molecule has 156 valence electrons. The summed E-state index contributed by atoms with van der Waals surface area (Å²) in [5, 5.41) is 3.36. The van der Waals surface area contributed by atoms with Gasteiger partial charge >= 0.3 is 0 Å². The summed E-state index contributed by atoms with van der Waals surface area (Å²) in [6, 6.07) is 25.6. The van der Waals surface area contributed by atoms with Crippen LogP contribution in [0.15, 0.2) is 78.9 Å². The highest BCUT2D eigenvalue weighted by Crippen LogP contribution is 2.52. The van der Waals surface area contributed by atoms with Crippen molar-refractivity contribution in [3.8, 4) is 11.1 Å². The number of nitrogens with zero attached hydrogens (tertiary/aromatic N) is 1. The summed E-state index contributed by atoms with van der Waals surface area (Å²) < 4.78 is 0. The summed E-state index contributed by atoms with van der Waals surface area (Å²) in [4.78, 5) is 14.9. The molecule has 1 saturated heterocycles. The first-order chi connectivity index (χ1) is 14.9. The lowest BCUT2D eigenvalue weighted by molar-refractivity contribution is -0.124. The van der Waals surface area contributed by atoms with E-state index in [0.717, 1.165) is 12.1 Å². The fraction of sp³-hybridized carbons (Fsp3) is 0.250. The molecule has 1 N–H and O–H groups in total. The zero-order chi connectivity index (χ0) is 21.6. The van der Waals surface area contributed by atoms with Gasteiger partial charge in [-0.15, -0.1) is 0 Å². The number of nitrogens with one attached hydrogen (secondary N) is 1. The summed E-state index contributed by atoms with van der Waals surface area (Å²) in [5.74, 6) is 0.109. The molecule has 0 aliphatic carbocycles. The molecule has 0 radical (unpaired) electrons. The van der Waals surface area contributed by atoms with E-state index in [0.29, 0.717) is 6.42 Å². The van der Waals surface area contributed by atoms with E-state index < -0.39 is 5.66 Å². The van der Waals surface area contributed by atoms with Crippen molar-refractivity contribution in [2.45, 2.75) is 38.3 Å². The summed E-state index contributed by atoms with van der Waals surface area (Å²) in [6.45, 7) is 7.32. The first-order valence-corrected chi connectivity index (χ1v) is 11.0. The number of benzene rings is 3. The highest BCUT2D eigenvalue weighted by atomic mass is 16.2. The van der Waals surface area contributed by atoms with Crippen LogP contribution < -0.4 is 10.2 Å². The summed E-state index contributed by atoms with van der Waals surface area (Å²) >= 11 is 0. The normalized spacial score (nSPS) is 21.6. The van der Waals surface area contributed by atoms with E-state index in [1.807, 2.05) is 6.07 Å². The average Bonchev–Trinajstić information content (AvgIpc) is 2.96. The van der Waals surface area contributed by atoms with Gasteiger partial charge in [0.15, 0.2) is 0 Å². The standard InChI is InChI=1S/C28H28N2O/c1-20-9-14-25-24(19-20)27(2,3)28(29-26(31)16-18-30(25)28)17-15-21-10-12-23(13-11-21)22-7-5-4-6-8-22/h4-15,17,19H,16,18H2,1-3H3,(H,29,31)/b17-15+/t28-/m1/s1. The second-order valence-corrected chi connectivity index (χ2v) is 9.18. The lowest BCUT2D eigenvalue weighted by Gasteiger charge is -2.49. The highest BCUT2D eigenvalue weighted by Gasteiger charge is 2.57. The Bertz CT molecular complexity index is 1160. The molecule has 1 amide bonds. The van der Waals surface area contributed by atoms with Gasteiger partial charge in [-0.05, 0) is 41.3 Å². The molecule has 0 unspecified atom stereocenters. The van der Waals surface area contributed by atoms with Gasteiger partial charge in [-0.2, -0.15) is 0 Å². The molecule has 2 aliphatic rings. The molecule has 0 spiro atoms. The molecule has 3 aromatic rings. The maximum atomic E-state index is 12.6. The zero-order valence-electron chi connectivity index (χ0n) is 18.4. The lowest BCUT2D eigenvalue weighted by Crippen LogP contribution is -2.68. The van der Waals surface area contributed by atoms with Gasteiger partial charge in [0.25, 0.3) is 0 Å². The van der Waals surface area contributed by atoms with Gasteiger partial charge in [0.2, 0.25) is 5.91 Å². The van der Waals surface area contributed by atoms with E-state index >= 15 is 0 Å². The minimum absolute atomic E-state index is 0.109. The molecule has 0 saturated carbocycles. The van der Waals surface area contributed by atoms with Gasteiger partial charge in [-0.25, -0.2) is 0 Å². The van der Waals surface area contributed by atoms with Crippen LogP contribution in [-0.2, 0) is 10.2 Å². The molecule has 2 heterocycles. The van der Waals surface area contributed by atoms with Crippen LogP contribution in [0.1, 0.15) is 37.0 Å². The van der Waals surface area contributed by atoms with Crippen LogP contribution in [0.25, 0.3) is 17.2 Å². The van der Waals surface area contributed by atoms with Crippen LogP contribution >= 0.6 is 0 Å². The third-order valence-electron chi connectivity index (χ3n) is 6.92. The Morgan fingerprint density at radius 3 is 2.39 bits per heavy atom. The van der Waals surface area contributed by atoms with Gasteiger partial charge < -0.3 is 10.2 Å². The molecule has 5 rings (SSSR count). The number of rotatable bonds is 3. The lowest BCUT2D eigenvalue weighted by atomic mass is 9.74. The maximum Gasteiger partial charge on any atom is 0.223 e. The Kier molecular flexibility index (Phi) is 4.51. The molecule has 1 atom stereocenters. The molecule has 0 aromatic heterocycles. The quantitative estimate of drug-likeness (QED) is 0.604. The van der Waals surface area contributed by atoms with Gasteiger partial charge in [-0.1, -0.05) is 92.2 Å². The number of anilines is 1. The van der Waals surface area contributed by atoms with E-state index in [2.05, 4.69) is 110 Å². The number of amides is 1. The Morgan fingerprint density at radius 2 is 1.65 bits per heavy atom. The predicted molar refractivity (Wildman–Crippen MR) is 128 cm³/mol. The van der Waals surface area contributed by atoms with Crippen LogP contribution in [0.4, 0.5) is 5.69 Å². The Labute approximate surface area is 184 Å². The summed E-state index contributed by atoms with van der Waals surface area (Å²) in [6.07, 6.45) is 4.86. The average molecular weight is 409 g/mol. The van der Waals surface area contributed by atoms with Gasteiger partial charge in [0.05, 0.1) is 0 Å². The van der Waals surface area contributed by atoms with Crippen LogP contribution in [0.2, 0.25) is 0 Å². The number of carbonyl (C=O) groups is 1. The Morgan fingerprint density at radius 1 is 0.935 bits per heavy atom. The van der Waals surface area contributed by atoms with Crippen molar-refractivity contribution in [3.05, 3.63) is 95.6 Å². The molecular formula is C28H28N2O. The monoisotopic (exact) mass is 408 g/mol. The van der Waals surface area contributed by atoms with Gasteiger partial charge in [0.1, 0.15) is 5.66 Å². The van der Waals surface area contributed by atoms with E-state index in [4.69, 9.17) is 0 Å². The zero-order valence-corrected chi connectivity index (χ0v) is 18.4. The van der Waals surface area contributed by atoms with E-state index in [1.165, 1.54) is 27.9 Å². The number of hydrogen-bond donors (Lipinski definition) is 1. The molecule has 2 aliphatic heterocycles. The first-order valence-electron chi connectivity index (χ1n) is 11.0. The predicted octanol–water partition coefficient (Wildman–Crippen LogP) is 5.69. The smallest absolute Gasteiger partial charge is 0.223 e. The van der Waals surface area contributed by atoms with Crippen molar-refractivity contribution in [3.63, 3.8) is 0 Å². The van der Waals surface area contributed by atoms with Crippen molar-refractivity contribution < 1.29 is 4.79 Å². The molecule has 31 heavy (non-hydrogen) atoms. The number of hydrogen-bond acceptors (Lipinski definition) is 2. The molecule has 3 aromatic carbocycles. The minimum Gasteiger partial charge on any atom is -0.344 e. The minimum atomic E-state index is -0.573. The highest BCUT2D eigenvalue weighted by molar-refractivity contribution is 5.84. The first kappa shape index (κ1) is 19.6. The number of fused-ring (bicyclic) bond motifs is 3. The molecular weight excluding hydrogens is 380 g/mol. The SMILES string of the molecule is Cc1ccc2c(c1)C(C)(C)[C@]1(/C=C/c3ccc(-c4ccccc4)cc3)NC(=O)CCN21. The van der Waals surface area contributed by atoms with Crippen molar-refractivity contribution in [2.75, 3.05) is 11.4 Å². The topological polar surface area (TPSA) is 32.3 Å². The van der Waals surface area contributed by atoms with E-state index in [-0.39, 0.29) is 11.3 Å². The van der Waals surface area contributed by atoms with Crippen molar-refractivity contribution in [2.24, 2.45) is 0 Å². The summed E-state index contributed by atoms with van der Waals surface area (Å²) in [5.41, 5.74) is 6.46. The van der Waals surface area contributed by atoms with Gasteiger partial charge in [0, 0.05) is 24.1 Å². The second-order valence-electron chi connectivity index (χ2n) is 9.18. The maximum absolute atomic E-state index is 12.6. The third kappa shape index (κ3) is 3.07. The fourth-order valence-electron chi connectivity index (χ4n) is 5.10. The van der Waals surface area contributed by atoms with Crippen LogP contribution in [0, 0.1) is 6.92 Å². The Balaban J connectivity index is 1.53. The number of carbonyl (C=O) groups excluding carboxylic acids is 1. The molecule has 0 bridgehead atoms. The van der Waals surface area contributed by atoms with Gasteiger partial charge in [-0.3, -0.25) is 4.79 Å².